The quantitative estimate of drug-likeness (QED) is 0.625. The van der Waals surface area contributed by atoms with Crippen LogP contribution in [0.3, 0.4) is 0 Å². The number of likely N-dealkylation sites (tertiary alicyclic amines) is 1. The van der Waals surface area contributed by atoms with Crippen molar-refractivity contribution in [3.63, 3.8) is 0 Å². The molecular weight excluding hydrogens is 302 g/mol. The van der Waals surface area contributed by atoms with Gasteiger partial charge in [0.25, 0.3) is 0 Å². The first-order valence-electron chi connectivity index (χ1n) is 7.39. The number of hydrogen-bond donors (Lipinski definition) is 2. The molecule has 1 saturated heterocycles. The van der Waals surface area contributed by atoms with Gasteiger partial charge in [0.2, 0.25) is 0 Å². The predicted octanol–water partition coefficient (Wildman–Crippen LogP) is 1.52. The Labute approximate surface area is 134 Å². The highest BCUT2D eigenvalue weighted by Crippen LogP contribution is 2.12. The topological polar surface area (TPSA) is 104 Å². The maximum Gasteiger partial charge on any atom is 0.414 e. The molecule has 7 heteroatoms. The van der Waals surface area contributed by atoms with Gasteiger partial charge in [0.1, 0.15) is 18.6 Å². The molecule has 0 spiro atoms. The molecule has 0 amide bonds. The molecule has 1 aromatic carbocycles. The summed E-state index contributed by atoms with van der Waals surface area (Å²) in [5.41, 5.74) is 0.667. The van der Waals surface area contributed by atoms with Crippen LogP contribution in [-0.4, -0.2) is 59.6 Å². The lowest BCUT2D eigenvalue weighted by Gasteiger charge is -2.26. The predicted molar refractivity (Wildman–Crippen MR) is 82.9 cm³/mol. The largest absolute Gasteiger partial charge is 0.492 e. The third-order valence-corrected chi connectivity index (χ3v) is 3.30. The normalized spacial score (nSPS) is 14.3. The van der Waals surface area contributed by atoms with Gasteiger partial charge >= 0.3 is 11.9 Å². The van der Waals surface area contributed by atoms with Crippen molar-refractivity contribution in [2.75, 3.05) is 26.2 Å². The van der Waals surface area contributed by atoms with E-state index in [9.17, 15) is 4.79 Å². The van der Waals surface area contributed by atoms with Crippen molar-refractivity contribution in [1.29, 1.82) is 0 Å². The van der Waals surface area contributed by atoms with Gasteiger partial charge in [-0.05, 0) is 38.1 Å². The highest BCUT2D eigenvalue weighted by atomic mass is 16.5. The number of rotatable bonds is 5. The Morgan fingerprint density at radius 2 is 1.78 bits per heavy atom. The van der Waals surface area contributed by atoms with Crippen molar-refractivity contribution >= 4 is 18.2 Å². The smallest absolute Gasteiger partial charge is 0.414 e. The second-order valence-corrected chi connectivity index (χ2v) is 5.05. The molecule has 1 aliphatic rings. The Morgan fingerprint density at radius 1 is 1.13 bits per heavy atom. The van der Waals surface area contributed by atoms with Crippen LogP contribution in [0.4, 0.5) is 0 Å². The fourth-order valence-electron chi connectivity index (χ4n) is 2.15. The average Bonchev–Trinajstić information content (AvgIpc) is 2.56. The molecule has 2 rings (SSSR count). The van der Waals surface area contributed by atoms with Crippen molar-refractivity contribution in [3.8, 4) is 5.75 Å². The van der Waals surface area contributed by atoms with Crippen LogP contribution in [0.1, 0.15) is 29.6 Å². The zero-order valence-electron chi connectivity index (χ0n) is 12.8. The number of hydrogen-bond acceptors (Lipinski definition) is 5. The molecule has 0 saturated carbocycles. The molecule has 0 aliphatic carbocycles. The Hall–Kier alpha value is -2.41. The van der Waals surface area contributed by atoms with E-state index < -0.39 is 11.9 Å². The molecule has 0 atom stereocenters. The summed E-state index contributed by atoms with van der Waals surface area (Å²) < 4.78 is 5.65. The molecule has 126 valence electrons. The highest BCUT2D eigenvalue weighted by molar-refractivity contribution is 6.27. The Morgan fingerprint density at radius 3 is 2.35 bits per heavy atom. The average molecular weight is 323 g/mol. The van der Waals surface area contributed by atoms with Gasteiger partial charge in [-0.15, -0.1) is 0 Å². The fraction of sp³-hybridized carbons (Fsp3) is 0.438. The number of aliphatic carboxylic acids is 2. The van der Waals surface area contributed by atoms with E-state index in [-0.39, 0.29) is 0 Å². The molecule has 0 bridgehead atoms. The molecule has 1 fully saturated rings. The molecule has 0 unspecified atom stereocenters. The monoisotopic (exact) mass is 323 g/mol. The SMILES string of the molecule is O=C(O)C(=O)O.O=Cc1cccc(OCCN2CCCCC2)c1. The summed E-state index contributed by atoms with van der Waals surface area (Å²) in [6, 6.07) is 7.30. The molecular formula is C16H21NO6. The summed E-state index contributed by atoms with van der Waals surface area (Å²) in [6.45, 7) is 4.06. The van der Waals surface area contributed by atoms with Crippen molar-refractivity contribution < 1.29 is 29.3 Å². The van der Waals surface area contributed by atoms with E-state index in [2.05, 4.69) is 4.90 Å². The number of nitrogens with zero attached hydrogens (tertiary/aromatic N) is 1. The lowest BCUT2D eigenvalue weighted by Crippen LogP contribution is -2.33. The van der Waals surface area contributed by atoms with Crippen molar-refractivity contribution in [1.82, 2.24) is 4.90 Å². The van der Waals surface area contributed by atoms with E-state index in [4.69, 9.17) is 24.5 Å². The second kappa shape index (κ2) is 10.3. The zero-order chi connectivity index (χ0) is 17.1. The van der Waals surface area contributed by atoms with E-state index in [0.717, 1.165) is 18.6 Å². The van der Waals surface area contributed by atoms with Crippen molar-refractivity contribution in [2.45, 2.75) is 19.3 Å². The number of piperidine rings is 1. The number of carbonyl (C=O) groups is 3. The summed E-state index contributed by atoms with van der Waals surface area (Å²) >= 11 is 0. The van der Waals surface area contributed by atoms with Crippen LogP contribution in [0.15, 0.2) is 24.3 Å². The van der Waals surface area contributed by atoms with Crippen LogP contribution in [-0.2, 0) is 9.59 Å². The lowest BCUT2D eigenvalue weighted by molar-refractivity contribution is -0.159. The molecule has 0 radical (unpaired) electrons. The Balaban J connectivity index is 0.000000379. The molecule has 23 heavy (non-hydrogen) atoms. The Bertz CT molecular complexity index is 513. The van der Waals surface area contributed by atoms with Gasteiger partial charge in [-0.2, -0.15) is 0 Å². The molecule has 2 N–H and O–H groups in total. The summed E-state index contributed by atoms with van der Waals surface area (Å²) in [4.78, 5) is 31.3. The van der Waals surface area contributed by atoms with Crippen molar-refractivity contribution in [3.05, 3.63) is 29.8 Å². The molecule has 0 aromatic heterocycles. The summed E-state index contributed by atoms with van der Waals surface area (Å²) in [5, 5.41) is 14.8. The maximum absolute atomic E-state index is 10.6. The summed E-state index contributed by atoms with van der Waals surface area (Å²) in [6.07, 6.45) is 4.82. The standard InChI is InChI=1S/C14H19NO2.C2H2O4/c16-12-13-5-4-6-14(11-13)17-10-9-15-7-2-1-3-8-15;3-1(4)2(5)6/h4-6,11-12H,1-3,7-10H2;(H,3,4)(H,5,6). The molecule has 1 aliphatic heterocycles. The van der Waals surface area contributed by atoms with E-state index in [1.165, 1.54) is 32.4 Å². The van der Waals surface area contributed by atoms with E-state index >= 15 is 0 Å². The number of benzene rings is 1. The third-order valence-electron chi connectivity index (χ3n) is 3.30. The minimum absolute atomic E-state index is 0.667. The first-order valence-corrected chi connectivity index (χ1v) is 7.39. The van der Waals surface area contributed by atoms with Crippen LogP contribution < -0.4 is 4.74 Å². The zero-order valence-corrected chi connectivity index (χ0v) is 12.8. The second-order valence-electron chi connectivity index (χ2n) is 5.05. The van der Waals surface area contributed by atoms with Crippen LogP contribution in [0.25, 0.3) is 0 Å². The van der Waals surface area contributed by atoms with Crippen molar-refractivity contribution in [2.24, 2.45) is 0 Å². The fourth-order valence-corrected chi connectivity index (χ4v) is 2.15. The van der Waals surface area contributed by atoms with Crippen LogP contribution in [0, 0.1) is 0 Å². The van der Waals surface area contributed by atoms with Gasteiger partial charge in [-0.25, -0.2) is 9.59 Å². The first-order chi connectivity index (χ1) is 11.0. The van der Waals surface area contributed by atoms with Crippen LogP contribution in [0.2, 0.25) is 0 Å². The number of ether oxygens (including phenoxy) is 1. The van der Waals surface area contributed by atoms with Crippen LogP contribution >= 0.6 is 0 Å². The van der Waals surface area contributed by atoms with Gasteiger partial charge in [0, 0.05) is 12.1 Å². The van der Waals surface area contributed by atoms with Gasteiger partial charge in [-0.1, -0.05) is 18.6 Å². The van der Waals surface area contributed by atoms with E-state index in [1.807, 2.05) is 12.1 Å². The van der Waals surface area contributed by atoms with E-state index in [1.54, 1.807) is 12.1 Å². The molecule has 7 nitrogen and oxygen atoms in total. The van der Waals surface area contributed by atoms with E-state index in [0.29, 0.717) is 12.2 Å². The number of aldehydes is 1. The first kappa shape index (κ1) is 18.6. The highest BCUT2D eigenvalue weighted by Gasteiger charge is 2.09. The van der Waals surface area contributed by atoms with Gasteiger partial charge in [-0.3, -0.25) is 9.69 Å². The minimum Gasteiger partial charge on any atom is -0.492 e. The third kappa shape index (κ3) is 7.96. The van der Waals surface area contributed by atoms with Gasteiger partial charge in [0.15, 0.2) is 0 Å². The number of carboxylic acid groups (broad SMARTS) is 2. The van der Waals surface area contributed by atoms with Gasteiger partial charge < -0.3 is 14.9 Å². The summed E-state index contributed by atoms with van der Waals surface area (Å²) in [5.74, 6) is -2.86. The Kier molecular flexibility index (Phi) is 8.38. The number of carboxylic acids is 2. The maximum atomic E-state index is 10.6. The van der Waals surface area contributed by atoms with Gasteiger partial charge in [0.05, 0.1) is 0 Å². The minimum atomic E-state index is -1.82. The van der Waals surface area contributed by atoms with Crippen LogP contribution in [0.5, 0.6) is 5.75 Å². The number of carbonyl (C=O) groups excluding carboxylic acids is 1. The molecule has 1 heterocycles. The molecule has 1 aromatic rings. The lowest BCUT2D eigenvalue weighted by atomic mass is 10.1. The summed E-state index contributed by atoms with van der Waals surface area (Å²) in [7, 11) is 0.